The maximum Gasteiger partial charge on any atom is 0.416 e. The molecule has 0 saturated heterocycles. The molecule has 1 heterocycles. The Bertz CT molecular complexity index is 1030. The summed E-state index contributed by atoms with van der Waals surface area (Å²) in [5, 5.41) is 22.7. The molecular weight excluding hydrogens is 341 g/mol. The highest BCUT2D eigenvalue weighted by atomic mass is 19.4. The molecule has 2 aromatic carbocycles. The van der Waals surface area contributed by atoms with Crippen LogP contribution < -0.4 is 15.3 Å². The molecule has 0 aliphatic rings. The number of para-hydroxylation sites is 2. The van der Waals surface area contributed by atoms with Gasteiger partial charge < -0.3 is 10.0 Å². The van der Waals surface area contributed by atoms with Gasteiger partial charge in [0.2, 0.25) is 0 Å². The number of fused-ring (bicyclic) bond motifs is 1. The smallest absolute Gasteiger partial charge is 0.416 e. The zero-order chi connectivity index (χ0) is 18.2. The van der Waals surface area contributed by atoms with Crippen LogP contribution in [-0.2, 0) is 6.18 Å². The van der Waals surface area contributed by atoms with E-state index in [0.29, 0.717) is 10.8 Å². The fourth-order valence-electron chi connectivity index (χ4n) is 2.14. The second-order valence-corrected chi connectivity index (χ2v) is 4.94. The highest BCUT2D eigenvalue weighted by Gasteiger charge is 2.31. The number of hydrogen-bond acceptors (Lipinski definition) is 5. The summed E-state index contributed by atoms with van der Waals surface area (Å²) in [5.41, 5.74) is -1.96. The van der Waals surface area contributed by atoms with E-state index in [2.05, 4.69) is 5.10 Å². The van der Waals surface area contributed by atoms with Crippen LogP contribution in [0.15, 0.2) is 48.5 Å². The summed E-state index contributed by atoms with van der Waals surface area (Å²) in [6, 6.07) is 9.55. The van der Waals surface area contributed by atoms with Gasteiger partial charge in [-0.3, -0.25) is 5.41 Å². The van der Waals surface area contributed by atoms with Crippen LogP contribution in [-0.4, -0.2) is 15.8 Å². The number of alkyl halides is 3. The zero-order valence-electron chi connectivity index (χ0n) is 12.3. The summed E-state index contributed by atoms with van der Waals surface area (Å²) in [5.74, 6) is -1.12. The Morgan fingerprint density at radius 3 is 2.64 bits per heavy atom. The quantitative estimate of drug-likeness (QED) is 0.559. The third kappa shape index (κ3) is 3.13. The molecule has 0 atom stereocenters. The molecule has 0 spiro atoms. The third-order valence-corrected chi connectivity index (χ3v) is 3.28. The second-order valence-electron chi connectivity index (χ2n) is 4.94. The average Bonchev–Trinajstić information content (AvgIpc) is 2.58. The molecule has 1 N–H and O–H groups in total. The molecular formula is C15H9F3N4O3. The monoisotopic (exact) mass is 350 g/mol. The van der Waals surface area contributed by atoms with Crippen molar-refractivity contribution < 1.29 is 27.6 Å². The largest absolute Gasteiger partial charge is 0.594 e. The van der Waals surface area contributed by atoms with Crippen LogP contribution in [0.2, 0.25) is 0 Å². The van der Waals surface area contributed by atoms with Gasteiger partial charge >= 0.3 is 17.8 Å². The molecule has 0 unspecified atom stereocenters. The van der Waals surface area contributed by atoms with Crippen LogP contribution in [0.5, 0.6) is 0 Å². The first kappa shape index (κ1) is 16.4. The lowest BCUT2D eigenvalue weighted by Crippen LogP contribution is -2.45. The maximum atomic E-state index is 12.7. The first-order valence-electron chi connectivity index (χ1n) is 6.83. The van der Waals surface area contributed by atoms with Gasteiger partial charge in [-0.15, -0.1) is 4.73 Å². The molecule has 10 heteroatoms. The van der Waals surface area contributed by atoms with Gasteiger partial charge in [0, 0.05) is 6.07 Å². The van der Waals surface area contributed by atoms with E-state index in [1.807, 2.05) is 0 Å². The number of halogens is 3. The van der Waals surface area contributed by atoms with Crippen molar-refractivity contribution in [2.24, 2.45) is 0 Å². The van der Waals surface area contributed by atoms with Gasteiger partial charge in [0.15, 0.2) is 5.52 Å². The summed E-state index contributed by atoms with van der Waals surface area (Å²) in [4.78, 5) is 17.3. The standard InChI is InChI=1S/C15H9F3N4O3/c16-15(17,18)10-5-3-4-9(8-10)13(23)25-21-11-6-1-2-7-12(11)22(24)20-14(21)19/h1-8,19H. The molecule has 3 rings (SSSR count). The fraction of sp³-hybridized carbons (Fsp3) is 0.0667. The van der Waals surface area contributed by atoms with Crippen molar-refractivity contribution in [1.29, 1.82) is 5.41 Å². The Labute approximate surface area is 137 Å². The van der Waals surface area contributed by atoms with Crippen molar-refractivity contribution in [1.82, 2.24) is 9.83 Å². The molecule has 25 heavy (non-hydrogen) atoms. The minimum atomic E-state index is -4.61. The van der Waals surface area contributed by atoms with E-state index in [1.165, 1.54) is 18.2 Å². The van der Waals surface area contributed by atoms with Gasteiger partial charge in [-0.05, 0) is 29.1 Å². The Morgan fingerprint density at radius 2 is 1.92 bits per heavy atom. The van der Waals surface area contributed by atoms with E-state index in [9.17, 15) is 23.2 Å². The molecule has 0 amide bonds. The summed E-state index contributed by atoms with van der Waals surface area (Å²) >= 11 is 0. The number of carbonyl (C=O) groups is 1. The number of hydrogen-bond donors (Lipinski definition) is 1. The van der Waals surface area contributed by atoms with Gasteiger partial charge in [0.05, 0.1) is 16.2 Å². The average molecular weight is 350 g/mol. The first-order chi connectivity index (χ1) is 11.8. The number of nitrogens with one attached hydrogen (secondary N) is 1. The van der Waals surface area contributed by atoms with Crippen LogP contribution in [0.25, 0.3) is 11.0 Å². The van der Waals surface area contributed by atoms with Gasteiger partial charge in [0.25, 0.3) is 5.52 Å². The summed E-state index contributed by atoms with van der Waals surface area (Å²) in [6.45, 7) is 0. The predicted octanol–water partition coefficient (Wildman–Crippen LogP) is 1.44. The van der Waals surface area contributed by atoms with Crippen molar-refractivity contribution in [3.05, 3.63) is 70.5 Å². The molecule has 0 bridgehead atoms. The van der Waals surface area contributed by atoms with Crippen molar-refractivity contribution in [3.63, 3.8) is 0 Å². The molecule has 0 fully saturated rings. The van der Waals surface area contributed by atoms with Crippen LogP contribution in [0.1, 0.15) is 15.9 Å². The topological polar surface area (TPSA) is 94.9 Å². The highest BCUT2D eigenvalue weighted by molar-refractivity contribution is 5.90. The zero-order valence-corrected chi connectivity index (χ0v) is 12.3. The van der Waals surface area contributed by atoms with Crippen molar-refractivity contribution in [2.45, 2.75) is 6.18 Å². The van der Waals surface area contributed by atoms with Crippen molar-refractivity contribution >= 4 is 17.0 Å². The van der Waals surface area contributed by atoms with E-state index in [1.54, 1.807) is 6.07 Å². The van der Waals surface area contributed by atoms with Crippen LogP contribution in [0, 0.1) is 10.6 Å². The van der Waals surface area contributed by atoms with E-state index in [-0.39, 0.29) is 21.4 Å². The Morgan fingerprint density at radius 1 is 1.20 bits per heavy atom. The molecule has 0 radical (unpaired) electrons. The molecule has 128 valence electrons. The van der Waals surface area contributed by atoms with E-state index in [0.717, 1.165) is 18.2 Å². The van der Waals surface area contributed by atoms with Gasteiger partial charge in [-0.1, -0.05) is 18.2 Å². The number of benzene rings is 2. The number of aromatic nitrogens is 3. The molecule has 0 aliphatic carbocycles. The minimum absolute atomic E-state index is 0.0235. The summed E-state index contributed by atoms with van der Waals surface area (Å²) in [7, 11) is 0. The van der Waals surface area contributed by atoms with Crippen molar-refractivity contribution in [3.8, 4) is 0 Å². The van der Waals surface area contributed by atoms with Crippen LogP contribution >= 0.6 is 0 Å². The summed E-state index contributed by atoms with van der Waals surface area (Å²) in [6.07, 6.45) is -4.61. The van der Waals surface area contributed by atoms with Gasteiger partial charge in [0.1, 0.15) is 0 Å². The number of carbonyl (C=O) groups excluding carboxylic acids is 1. The SMILES string of the molecule is N=c1n[n+]([O-])c2ccccc2n1OC(=O)c1cccc(C(F)(F)F)c1. The van der Waals surface area contributed by atoms with Gasteiger partial charge in [-0.25, -0.2) is 4.79 Å². The Balaban J connectivity index is 2.03. The Hall–Kier alpha value is -3.43. The maximum absolute atomic E-state index is 12.7. The summed E-state index contributed by atoms with van der Waals surface area (Å²) < 4.78 is 38.9. The minimum Gasteiger partial charge on any atom is -0.594 e. The molecule has 0 saturated carbocycles. The normalized spacial score (nSPS) is 11.5. The van der Waals surface area contributed by atoms with E-state index in [4.69, 9.17) is 10.2 Å². The fourth-order valence-corrected chi connectivity index (χ4v) is 2.14. The first-order valence-corrected chi connectivity index (χ1v) is 6.83. The van der Waals surface area contributed by atoms with Crippen LogP contribution in [0.4, 0.5) is 13.2 Å². The van der Waals surface area contributed by atoms with E-state index >= 15 is 0 Å². The molecule has 7 nitrogen and oxygen atoms in total. The van der Waals surface area contributed by atoms with Gasteiger partial charge in [-0.2, -0.15) is 13.2 Å². The molecule has 1 aromatic heterocycles. The second kappa shape index (κ2) is 5.89. The van der Waals surface area contributed by atoms with Crippen molar-refractivity contribution in [2.75, 3.05) is 0 Å². The predicted molar refractivity (Wildman–Crippen MR) is 76.9 cm³/mol. The lowest BCUT2D eigenvalue weighted by Gasteiger charge is -2.11. The Kier molecular flexibility index (Phi) is 3.87. The third-order valence-electron chi connectivity index (χ3n) is 3.28. The van der Waals surface area contributed by atoms with E-state index < -0.39 is 23.3 Å². The number of rotatable bonds is 2. The lowest BCUT2D eigenvalue weighted by molar-refractivity contribution is -0.645. The highest BCUT2D eigenvalue weighted by Crippen LogP contribution is 2.29. The number of nitrogens with zero attached hydrogens (tertiary/aromatic N) is 3. The lowest BCUT2D eigenvalue weighted by atomic mass is 10.1. The molecule has 0 aliphatic heterocycles. The molecule has 3 aromatic rings. The van der Waals surface area contributed by atoms with Crippen LogP contribution in [0.3, 0.4) is 0 Å².